The first-order chi connectivity index (χ1) is 19.6. The van der Waals surface area contributed by atoms with Crippen molar-refractivity contribution >= 4 is 40.1 Å². The lowest BCUT2D eigenvalue weighted by atomic mass is 9.94. The number of aromatic nitrogens is 3. The van der Waals surface area contributed by atoms with Gasteiger partial charge in [-0.15, -0.1) is 11.3 Å². The number of alkyl halides is 3. The number of urea groups is 1. The molecule has 0 bridgehead atoms. The minimum absolute atomic E-state index is 0.0349. The van der Waals surface area contributed by atoms with Gasteiger partial charge in [0.05, 0.1) is 5.52 Å². The molecule has 41 heavy (non-hydrogen) atoms. The number of nitrogens with zero attached hydrogens (tertiary/aromatic N) is 3. The number of hydrogen-bond donors (Lipinski definition) is 3. The van der Waals surface area contributed by atoms with Crippen LogP contribution in [0, 0.1) is 0 Å². The summed E-state index contributed by atoms with van der Waals surface area (Å²) in [6.07, 6.45) is 2.95. The van der Waals surface area contributed by atoms with Crippen molar-refractivity contribution in [3.05, 3.63) is 63.5 Å². The Morgan fingerprint density at radius 1 is 1.15 bits per heavy atom. The van der Waals surface area contributed by atoms with Crippen LogP contribution >= 0.6 is 11.3 Å². The second-order valence-electron chi connectivity index (χ2n) is 9.74. The Kier molecular flexibility index (Phi) is 7.80. The summed E-state index contributed by atoms with van der Waals surface area (Å²) < 4.78 is 42.0. The van der Waals surface area contributed by atoms with E-state index in [2.05, 4.69) is 20.6 Å². The number of benzene rings is 1. The van der Waals surface area contributed by atoms with Crippen molar-refractivity contribution in [2.45, 2.75) is 51.2 Å². The van der Waals surface area contributed by atoms with Gasteiger partial charge in [-0.25, -0.2) is 19.6 Å². The molecule has 0 aliphatic heterocycles. The fraction of sp³-hybridized carbons (Fsp3) is 0.321. The van der Waals surface area contributed by atoms with Gasteiger partial charge in [-0.2, -0.15) is 13.2 Å². The van der Waals surface area contributed by atoms with E-state index in [0.29, 0.717) is 23.2 Å². The van der Waals surface area contributed by atoms with Gasteiger partial charge >= 0.3 is 18.2 Å². The topological polar surface area (TPSA) is 126 Å². The van der Waals surface area contributed by atoms with E-state index in [-0.39, 0.29) is 33.4 Å². The highest BCUT2D eigenvalue weighted by Crippen LogP contribution is 2.39. The molecule has 3 N–H and O–H groups in total. The van der Waals surface area contributed by atoms with Crippen LogP contribution in [0.5, 0.6) is 0 Å². The molecule has 3 heterocycles. The number of pyridine rings is 2. The first-order valence-electron chi connectivity index (χ1n) is 13.1. The van der Waals surface area contributed by atoms with Crippen LogP contribution in [0.3, 0.4) is 0 Å². The van der Waals surface area contributed by atoms with Crippen molar-refractivity contribution in [2.24, 2.45) is 0 Å². The lowest BCUT2D eigenvalue weighted by molar-refractivity contribution is -0.140. The number of nitrogens with one attached hydrogen (secondary N) is 2. The van der Waals surface area contributed by atoms with E-state index in [4.69, 9.17) is 0 Å². The van der Waals surface area contributed by atoms with Crippen LogP contribution in [-0.4, -0.2) is 38.2 Å². The summed E-state index contributed by atoms with van der Waals surface area (Å²) in [5.74, 6) is -1.25. The lowest BCUT2D eigenvalue weighted by Gasteiger charge is -2.27. The molecule has 214 valence electrons. The highest BCUT2D eigenvalue weighted by atomic mass is 32.1. The van der Waals surface area contributed by atoms with E-state index in [1.807, 2.05) is 4.57 Å². The number of carbonyl (C=O) groups excluding carboxylic acids is 1. The highest BCUT2D eigenvalue weighted by Gasteiger charge is 2.34. The summed E-state index contributed by atoms with van der Waals surface area (Å²) in [5, 5.41) is 16.0. The molecule has 1 saturated carbocycles. The molecule has 2 amide bonds. The zero-order valence-corrected chi connectivity index (χ0v) is 22.7. The Labute approximate surface area is 236 Å². The molecule has 0 radical (unpaired) electrons. The van der Waals surface area contributed by atoms with E-state index < -0.39 is 29.3 Å². The van der Waals surface area contributed by atoms with Crippen LogP contribution in [-0.2, 0) is 6.18 Å². The maximum absolute atomic E-state index is 13.4. The van der Waals surface area contributed by atoms with E-state index in [0.717, 1.165) is 48.8 Å². The number of carboxylic acids is 1. The summed E-state index contributed by atoms with van der Waals surface area (Å²) in [6, 6.07) is 5.91. The zero-order chi connectivity index (χ0) is 29.3. The van der Waals surface area contributed by atoms with Gasteiger partial charge in [0, 0.05) is 46.9 Å². The lowest BCUT2D eigenvalue weighted by Crippen LogP contribution is -2.28. The minimum Gasteiger partial charge on any atom is -0.477 e. The number of fused-ring (bicyclic) bond motifs is 1. The van der Waals surface area contributed by atoms with Crippen molar-refractivity contribution < 1.29 is 27.9 Å². The smallest absolute Gasteiger partial charge is 0.434 e. The number of carboxylic acid groups (broad SMARTS) is 1. The van der Waals surface area contributed by atoms with Crippen LogP contribution < -0.4 is 16.1 Å². The van der Waals surface area contributed by atoms with Crippen molar-refractivity contribution in [1.29, 1.82) is 0 Å². The third-order valence-corrected chi connectivity index (χ3v) is 7.93. The second kappa shape index (κ2) is 11.3. The molecule has 0 unspecified atom stereocenters. The van der Waals surface area contributed by atoms with Crippen molar-refractivity contribution in [3.8, 4) is 21.7 Å². The van der Waals surface area contributed by atoms with Gasteiger partial charge in [-0.3, -0.25) is 10.1 Å². The average molecular weight is 586 g/mol. The predicted molar refractivity (Wildman–Crippen MR) is 149 cm³/mol. The normalized spacial score (nSPS) is 14.2. The molecule has 1 aromatic carbocycles. The molecule has 9 nitrogen and oxygen atoms in total. The number of carbonyl (C=O) groups is 2. The van der Waals surface area contributed by atoms with Gasteiger partial charge in [-0.05, 0) is 43.5 Å². The molecule has 1 aliphatic rings. The van der Waals surface area contributed by atoms with Crippen LogP contribution in [0.2, 0.25) is 0 Å². The first kappa shape index (κ1) is 28.3. The molecule has 13 heteroatoms. The SMILES string of the molecule is CCNC(=O)Nc1cc(-c2nc(C(F)(F)F)cs2)c(-c2ccc3c(c2)c(=O)c(C(=O)O)cn3C2CCCCC2)cn1. The summed E-state index contributed by atoms with van der Waals surface area (Å²) in [5.41, 5.74) is -0.432. The van der Waals surface area contributed by atoms with Crippen molar-refractivity contribution in [1.82, 2.24) is 19.9 Å². The number of thiazole rings is 1. The second-order valence-corrected chi connectivity index (χ2v) is 10.6. The number of halogens is 3. The molecule has 5 rings (SSSR count). The Morgan fingerprint density at radius 2 is 1.90 bits per heavy atom. The minimum atomic E-state index is -4.65. The van der Waals surface area contributed by atoms with E-state index in [1.54, 1.807) is 25.1 Å². The molecule has 0 spiro atoms. The summed E-state index contributed by atoms with van der Waals surface area (Å²) >= 11 is 0.780. The van der Waals surface area contributed by atoms with Gasteiger partial charge in [0.15, 0.2) is 5.69 Å². The Balaban J connectivity index is 1.68. The highest BCUT2D eigenvalue weighted by molar-refractivity contribution is 7.13. The predicted octanol–water partition coefficient (Wildman–Crippen LogP) is 6.55. The Hall–Kier alpha value is -4.26. The Bertz CT molecular complexity index is 1690. The van der Waals surface area contributed by atoms with Crippen LogP contribution in [0.25, 0.3) is 32.6 Å². The molecule has 0 saturated heterocycles. The van der Waals surface area contributed by atoms with Crippen LogP contribution in [0.15, 0.2) is 46.8 Å². The molecule has 4 aromatic rings. The van der Waals surface area contributed by atoms with Crippen molar-refractivity contribution in [3.63, 3.8) is 0 Å². The first-order valence-corrected chi connectivity index (χ1v) is 13.9. The molecular weight excluding hydrogens is 559 g/mol. The van der Waals surface area contributed by atoms with E-state index >= 15 is 0 Å². The molecular formula is C28H26F3N5O4S. The molecule has 1 fully saturated rings. The summed E-state index contributed by atoms with van der Waals surface area (Å²) in [6.45, 7) is 2.08. The maximum atomic E-state index is 13.4. The van der Waals surface area contributed by atoms with Crippen LogP contribution in [0.4, 0.5) is 23.8 Å². The zero-order valence-electron chi connectivity index (χ0n) is 21.9. The number of hydrogen-bond acceptors (Lipinski definition) is 6. The van der Waals surface area contributed by atoms with Gasteiger partial charge in [0.25, 0.3) is 0 Å². The quantitative estimate of drug-likeness (QED) is 0.236. The average Bonchev–Trinajstić information content (AvgIpc) is 3.45. The largest absolute Gasteiger partial charge is 0.477 e. The molecule has 1 aliphatic carbocycles. The summed E-state index contributed by atoms with van der Waals surface area (Å²) in [7, 11) is 0. The van der Waals surface area contributed by atoms with Gasteiger partial charge in [-0.1, -0.05) is 25.3 Å². The van der Waals surface area contributed by atoms with Crippen LogP contribution in [0.1, 0.15) is 61.1 Å². The Morgan fingerprint density at radius 3 is 2.56 bits per heavy atom. The van der Waals surface area contributed by atoms with E-state index in [9.17, 15) is 32.7 Å². The third-order valence-electron chi connectivity index (χ3n) is 7.05. The standard InChI is InChI=1S/C28H26F3N5O4S/c1-2-32-27(40)35-23-11-17(25-34-22(14-41-25)28(29,30)31)19(12-33-23)15-8-9-21-18(10-15)24(37)20(26(38)39)13-36(21)16-6-4-3-5-7-16/h8-14,16H,2-7H2,1H3,(H,38,39)(H2,32,33,35,40). The number of rotatable bonds is 6. The van der Waals surface area contributed by atoms with Gasteiger partial charge in [0.2, 0.25) is 5.43 Å². The van der Waals surface area contributed by atoms with E-state index in [1.165, 1.54) is 18.5 Å². The monoisotopic (exact) mass is 585 g/mol. The van der Waals surface area contributed by atoms with Gasteiger partial charge in [0.1, 0.15) is 16.4 Å². The molecule has 3 aromatic heterocycles. The third kappa shape index (κ3) is 5.80. The number of anilines is 1. The van der Waals surface area contributed by atoms with Gasteiger partial charge < -0.3 is 15.0 Å². The fourth-order valence-corrected chi connectivity index (χ4v) is 5.97. The number of amides is 2. The maximum Gasteiger partial charge on any atom is 0.434 e. The number of aromatic carboxylic acids is 1. The molecule has 0 atom stereocenters. The van der Waals surface area contributed by atoms with Crippen molar-refractivity contribution in [2.75, 3.05) is 11.9 Å². The fourth-order valence-electron chi connectivity index (χ4n) is 5.12. The summed E-state index contributed by atoms with van der Waals surface area (Å²) in [4.78, 5) is 45.4.